The highest BCUT2D eigenvalue weighted by Gasteiger charge is 2.22. The van der Waals surface area contributed by atoms with Crippen LogP contribution in [0, 0.1) is 0 Å². The summed E-state index contributed by atoms with van der Waals surface area (Å²) in [6, 6.07) is 8.32. The summed E-state index contributed by atoms with van der Waals surface area (Å²) in [5, 5.41) is 0. The lowest BCUT2D eigenvalue weighted by molar-refractivity contribution is 0.0754. The lowest BCUT2D eigenvalue weighted by Gasteiger charge is -2.22. The van der Waals surface area contributed by atoms with Crippen LogP contribution in [0.3, 0.4) is 0 Å². The van der Waals surface area contributed by atoms with Crippen LogP contribution in [0.15, 0.2) is 36.7 Å². The highest BCUT2D eigenvalue weighted by Crippen LogP contribution is 2.31. The molecule has 1 amide bonds. The molecule has 0 saturated carbocycles. The Kier molecular flexibility index (Phi) is 5.08. The van der Waals surface area contributed by atoms with E-state index in [9.17, 15) is 4.79 Å². The molecule has 0 fully saturated rings. The third kappa shape index (κ3) is 3.25. The summed E-state index contributed by atoms with van der Waals surface area (Å²) in [5.74, 6) is 0.682. The van der Waals surface area contributed by atoms with Crippen molar-refractivity contribution in [1.82, 2.24) is 14.9 Å². The van der Waals surface area contributed by atoms with Crippen LogP contribution in [-0.2, 0) is 6.42 Å². The SMILES string of the molecule is CCCN(CCC)C(=O)c1cnc(N2CCc3ccccc32)nc1. The van der Waals surface area contributed by atoms with Crippen LogP contribution in [0.2, 0.25) is 0 Å². The average Bonchev–Trinajstić information content (AvgIpc) is 3.05. The summed E-state index contributed by atoms with van der Waals surface area (Å²) in [7, 11) is 0. The molecule has 3 rings (SSSR count). The molecule has 0 atom stereocenters. The van der Waals surface area contributed by atoms with Crippen LogP contribution in [0.25, 0.3) is 0 Å². The van der Waals surface area contributed by atoms with Crippen molar-refractivity contribution in [2.24, 2.45) is 0 Å². The topological polar surface area (TPSA) is 49.3 Å². The standard InChI is InChI=1S/C19H24N4O/c1-3-10-22(11-4-2)18(24)16-13-20-19(21-14-16)23-12-9-15-7-5-6-8-17(15)23/h5-8,13-14H,3-4,9-12H2,1-2H3. The van der Waals surface area contributed by atoms with E-state index in [-0.39, 0.29) is 5.91 Å². The van der Waals surface area contributed by atoms with Crippen molar-refractivity contribution in [3.63, 3.8) is 0 Å². The Labute approximate surface area is 143 Å². The molecule has 0 radical (unpaired) electrons. The van der Waals surface area contributed by atoms with E-state index in [2.05, 4.69) is 46.9 Å². The first-order chi connectivity index (χ1) is 11.7. The van der Waals surface area contributed by atoms with E-state index in [1.54, 1.807) is 12.4 Å². The van der Waals surface area contributed by atoms with Gasteiger partial charge >= 0.3 is 0 Å². The maximum Gasteiger partial charge on any atom is 0.256 e. The van der Waals surface area contributed by atoms with Crippen molar-refractivity contribution in [2.45, 2.75) is 33.1 Å². The third-order valence-electron chi connectivity index (χ3n) is 4.29. The van der Waals surface area contributed by atoms with Gasteiger partial charge in [-0.1, -0.05) is 32.0 Å². The molecule has 1 aliphatic heterocycles. The van der Waals surface area contributed by atoms with Crippen LogP contribution >= 0.6 is 0 Å². The highest BCUT2D eigenvalue weighted by atomic mass is 16.2. The van der Waals surface area contributed by atoms with Gasteiger partial charge in [-0.15, -0.1) is 0 Å². The maximum absolute atomic E-state index is 12.6. The minimum Gasteiger partial charge on any atom is -0.339 e. The van der Waals surface area contributed by atoms with Crippen LogP contribution < -0.4 is 4.90 Å². The van der Waals surface area contributed by atoms with Gasteiger partial charge in [0.25, 0.3) is 5.91 Å². The van der Waals surface area contributed by atoms with E-state index in [0.717, 1.165) is 44.6 Å². The highest BCUT2D eigenvalue weighted by molar-refractivity contribution is 5.93. The molecule has 0 saturated heterocycles. The number of carbonyl (C=O) groups excluding carboxylic acids is 1. The maximum atomic E-state index is 12.6. The molecule has 1 aromatic carbocycles. The Morgan fingerprint density at radius 2 is 1.79 bits per heavy atom. The number of carbonyl (C=O) groups is 1. The molecular formula is C19H24N4O. The second kappa shape index (κ2) is 7.43. The Hall–Kier alpha value is -2.43. The van der Waals surface area contributed by atoms with Crippen molar-refractivity contribution in [2.75, 3.05) is 24.5 Å². The first kappa shape index (κ1) is 16.4. The van der Waals surface area contributed by atoms with Gasteiger partial charge in [0.2, 0.25) is 5.95 Å². The summed E-state index contributed by atoms with van der Waals surface area (Å²) >= 11 is 0. The largest absolute Gasteiger partial charge is 0.339 e. The molecule has 1 aliphatic rings. The van der Waals surface area contributed by atoms with Gasteiger partial charge < -0.3 is 9.80 Å². The van der Waals surface area contributed by atoms with E-state index in [1.807, 2.05) is 11.0 Å². The molecule has 5 nitrogen and oxygen atoms in total. The summed E-state index contributed by atoms with van der Waals surface area (Å²) < 4.78 is 0. The molecule has 5 heteroatoms. The minimum atomic E-state index is 0.0204. The van der Waals surface area contributed by atoms with Crippen LogP contribution in [0.4, 0.5) is 11.6 Å². The molecule has 0 spiro atoms. The third-order valence-corrected chi connectivity index (χ3v) is 4.29. The molecular weight excluding hydrogens is 300 g/mol. The number of aromatic nitrogens is 2. The lowest BCUT2D eigenvalue weighted by atomic mass is 10.2. The molecule has 2 heterocycles. The number of fused-ring (bicyclic) bond motifs is 1. The van der Waals surface area contributed by atoms with Gasteiger partial charge in [-0.25, -0.2) is 9.97 Å². The molecule has 0 aliphatic carbocycles. The quantitative estimate of drug-likeness (QED) is 0.817. The zero-order chi connectivity index (χ0) is 16.9. The number of para-hydroxylation sites is 1. The number of hydrogen-bond donors (Lipinski definition) is 0. The van der Waals surface area contributed by atoms with E-state index < -0.39 is 0 Å². The zero-order valence-corrected chi connectivity index (χ0v) is 14.4. The predicted molar refractivity (Wildman–Crippen MR) is 95.7 cm³/mol. The van der Waals surface area contributed by atoms with E-state index in [4.69, 9.17) is 0 Å². The second-order valence-corrected chi connectivity index (χ2v) is 6.09. The monoisotopic (exact) mass is 324 g/mol. The summed E-state index contributed by atoms with van der Waals surface area (Å²) in [4.78, 5) is 25.5. The molecule has 2 aromatic rings. The summed E-state index contributed by atoms with van der Waals surface area (Å²) in [6.45, 7) is 6.59. The molecule has 24 heavy (non-hydrogen) atoms. The number of rotatable bonds is 6. The number of benzene rings is 1. The van der Waals surface area contributed by atoms with Crippen molar-refractivity contribution in [3.8, 4) is 0 Å². The van der Waals surface area contributed by atoms with E-state index in [0.29, 0.717) is 11.5 Å². The fourth-order valence-corrected chi connectivity index (χ4v) is 3.15. The molecule has 1 aromatic heterocycles. The molecule has 0 bridgehead atoms. The number of hydrogen-bond acceptors (Lipinski definition) is 4. The number of amides is 1. The Bertz CT molecular complexity index is 693. The Morgan fingerprint density at radius 3 is 2.46 bits per heavy atom. The predicted octanol–water partition coefficient (Wildman–Crippen LogP) is 3.43. The van der Waals surface area contributed by atoms with E-state index >= 15 is 0 Å². The first-order valence-electron chi connectivity index (χ1n) is 8.71. The van der Waals surface area contributed by atoms with Gasteiger partial charge in [-0.2, -0.15) is 0 Å². The molecule has 0 N–H and O–H groups in total. The fourth-order valence-electron chi connectivity index (χ4n) is 3.15. The van der Waals surface area contributed by atoms with Crippen molar-refractivity contribution >= 4 is 17.5 Å². The second-order valence-electron chi connectivity index (χ2n) is 6.09. The molecule has 126 valence electrons. The van der Waals surface area contributed by atoms with Gasteiger partial charge in [0.15, 0.2) is 0 Å². The van der Waals surface area contributed by atoms with Gasteiger partial charge in [0.05, 0.1) is 5.56 Å². The van der Waals surface area contributed by atoms with Gasteiger partial charge in [-0.3, -0.25) is 4.79 Å². The Morgan fingerprint density at radius 1 is 1.12 bits per heavy atom. The number of nitrogens with zero attached hydrogens (tertiary/aromatic N) is 4. The summed E-state index contributed by atoms with van der Waals surface area (Å²) in [6.07, 6.45) is 6.22. The van der Waals surface area contributed by atoms with Crippen molar-refractivity contribution in [3.05, 3.63) is 47.8 Å². The van der Waals surface area contributed by atoms with Crippen molar-refractivity contribution < 1.29 is 4.79 Å². The summed E-state index contributed by atoms with van der Waals surface area (Å²) in [5.41, 5.74) is 3.04. The number of anilines is 2. The first-order valence-corrected chi connectivity index (χ1v) is 8.71. The van der Waals surface area contributed by atoms with Crippen LogP contribution in [0.1, 0.15) is 42.6 Å². The Balaban J connectivity index is 1.77. The van der Waals surface area contributed by atoms with Crippen LogP contribution in [-0.4, -0.2) is 40.4 Å². The lowest BCUT2D eigenvalue weighted by Crippen LogP contribution is -2.32. The van der Waals surface area contributed by atoms with Crippen molar-refractivity contribution in [1.29, 1.82) is 0 Å². The van der Waals surface area contributed by atoms with Gasteiger partial charge in [0, 0.05) is 37.7 Å². The fraction of sp³-hybridized carbons (Fsp3) is 0.421. The minimum absolute atomic E-state index is 0.0204. The molecule has 0 unspecified atom stereocenters. The van der Waals surface area contributed by atoms with E-state index in [1.165, 1.54) is 5.56 Å². The van der Waals surface area contributed by atoms with Gasteiger partial charge in [0.1, 0.15) is 0 Å². The van der Waals surface area contributed by atoms with Gasteiger partial charge in [-0.05, 0) is 30.9 Å². The van der Waals surface area contributed by atoms with Crippen LogP contribution in [0.5, 0.6) is 0 Å². The normalized spacial score (nSPS) is 13.0. The smallest absolute Gasteiger partial charge is 0.256 e. The average molecular weight is 324 g/mol. The zero-order valence-electron chi connectivity index (χ0n) is 14.4.